The summed E-state index contributed by atoms with van der Waals surface area (Å²) in [4.78, 5) is 74.2. The van der Waals surface area contributed by atoms with Gasteiger partial charge in [0.05, 0.1) is 17.5 Å². The number of imide groups is 1. The van der Waals surface area contributed by atoms with Gasteiger partial charge in [-0.25, -0.2) is 9.79 Å². The van der Waals surface area contributed by atoms with Crippen molar-refractivity contribution in [3.05, 3.63) is 69.3 Å². The van der Waals surface area contributed by atoms with E-state index in [9.17, 15) is 29.1 Å². The van der Waals surface area contributed by atoms with Crippen LogP contribution in [0.2, 0.25) is 0 Å². The normalized spacial score (nSPS) is 23.5. The minimum atomic E-state index is -0.895. The summed E-state index contributed by atoms with van der Waals surface area (Å²) in [6.45, 7) is 11.5. The highest BCUT2D eigenvalue weighted by Crippen LogP contribution is 2.43. The quantitative estimate of drug-likeness (QED) is 0.389. The number of fused-ring (bicyclic) bond motifs is 2. The summed E-state index contributed by atoms with van der Waals surface area (Å²) in [7, 11) is 0. The SMILES string of the molecule is CC(C)(C)C(C(=O)N1CCNCC1c1ccc2c(c1C1CCC(=O)NC1=O)C=NC2=O)C1CCN(Cc2ccc3c(c2)CN(C(=O)O)C3)CC1. The lowest BCUT2D eigenvalue weighted by Crippen LogP contribution is -2.54. The van der Waals surface area contributed by atoms with Crippen molar-refractivity contribution in [2.45, 2.75) is 78.0 Å². The van der Waals surface area contributed by atoms with Gasteiger partial charge in [0, 0.05) is 63.4 Å². The van der Waals surface area contributed by atoms with Crippen molar-refractivity contribution >= 4 is 35.9 Å². The summed E-state index contributed by atoms with van der Waals surface area (Å²) in [5.74, 6) is -1.58. The van der Waals surface area contributed by atoms with Crippen molar-refractivity contribution in [1.29, 1.82) is 0 Å². The minimum absolute atomic E-state index is 0.114. The fraction of sp³-hybridized carbons (Fsp3) is 0.526. The molecule has 12 heteroatoms. The van der Waals surface area contributed by atoms with Gasteiger partial charge >= 0.3 is 6.09 Å². The molecule has 0 spiro atoms. The van der Waals surface area contributed by atoms with Gasteiger partial charge in [0.1, 0.15) is 0 Å². The number of hydrogen-bond acceptors (Lipinski definition) is 7. The lowest BCUT2D eigenvalue weighted by atomic mass is 9.69. The molecule has 5 aliphatic rings. The molecule has 50 heavy (non-hydrogen) atoms. The van der Waals surface area contributed by atoms with Crippen LogP contribution in [0, 0.1) is 17.3 Å². The van der Waals surface area contributed by atoms with Gasteiger partial charge in [-0.1, -0.05) is 45.0 Å². The Balaban J connectivity index is 1.11. The van der Waals surface area contributed by atoms with Crippen molar-refractivity contribution in [2.24, 2.45) is 22.2 Å². The summed E-state index contributed by atoms with van der Waals surface area (Å²) < 4.78 is 0. The zero-order valence-electron chi connectivity index (χ0n) is 29.0. The molecule has 12 nitrogen and oxygen atoms in total. The maximum absolute atomic E-state index is 14.9. The van der Waals surface area contributed by atoms with E-state index in [4.69, 9.17) is 0 Å². The third-order valence-electron chi connectivity index (χ3n) is 11.3. The molecule has 3 unspecified atom stereocenters. The van der Waals surface area contributed by atoms with E-state index in [0.29, 0.717) is 55.8 Å². The highest BCUT2D eigenvalue weighted by atomic mass is 16.4. The summed E-state index contributed by atoms with van der Waals surface area (Å²) in [6.07, 6.45) is 2.95. The van der Waals surface area contributed by atoms with Crippen LogP contribution < -0.4 is 10.6 Å². The second kappa shape index (κ2) is 13.4. The second-order valence-electron chi connectivity index (χ2n) is 15.5. The first kappa shape index (κ1) is 34.0. The van der Waals surface area contributed by atoms with Gasteiger partial charge in [0.25, 0.3) is 5.91 Å². The van der Waals surface area contributed by atoms with Crippen LogP contribution >= 0.6 is 0 Å². The van der Waals surface area contributed by atoms with E-state index in [1.807, 2.05) is 11.0 Å². The minimum Gasteiger partial charge on any atom is -0.465 e. The number of likely N-dealkylation sites (tertiary alicyclic amines) is 1. The number of hydrogen-bond donors (Lipinski definition) is 3. The lowest BCUT2D eigenvalue weighted by molar-refractivity contribution is -0.146. The largest absolute Gasteiger partial charge is 0.465 e. The molecule has 3 saturated heterocycles. The van der Waals surface area contributed by atoms with E-state index in [1.54, 1.807) is 6.07 Å². The fourth-order valence-corrected chi connectivity index (χ4v) is 8.91. The molecule has 7 rings (SSSR count). The molecule has 5 amide bonds. The average Bonchev–Trinajstić information content (AvgIpc) is 3.68. The molecular weight excluding hydrogens is 636 g/mol. The predicted molar refractivity (Wildman–Crippen MR) is 185 cm³/mol. The van der Waals surface area contributed by atoms with E-state index in [1.165, 1.54) is 16.7 Å². The summed E-state index contributed by atoms with van der Waals surface area (Å²) in [5.41, 5.74) is 5.59. The third-order valence-corrected chi connectivity index (χ3v) is 11.3. The molecule has 0 radical (unpaired) electrons. The monoisotopic (exact) mass is 682 g/mol. The van der Waals surface area contributed by atoms with Gasteiger partial charge < -0.3 is 15.3 Å². The van der Waals surface area contributed by atoms with Gasteiger partial charge in [-0.2, -0.15) is 0 Å². The van der Waals surface area contributed by atoms with Gasteiger partial charge in [0.15, 0.2) is 0 Å². The first-order valence-corrected chi connectivity index (χ1v) is 17.8. The number of nitrogens with zero attached hydrogens (tertiary/aromatic N) is 4. The Morgan fingerprint density at radius 1 is 1.00 bits per heavy atom. The van der Waals surface area contributed by atoms with E-state index in [-0.39, 0.29) is 53.3 Å². The Morgan fingerprint density at radius 2 is 1.76 bits per heavy atom. The number of carbonyl (C=O) groups excluding carboxylic acids is 4. The second-order valence-corrected chi connectivity index (χ2v) is 15.5. The maximum atomic E-state index is 14.9. The topological polar surface area (TPSA) is 152 Å². The number of amides is 5. The number of carboxylic acid groups (broad SMARTS) is 1. The molecule has 0 aromatic heterocycles. The van der Waals surface area contributed by atoms with Gasteiger partial charge in [-0.15, -0.1) is 0 Å². The lowest BCUT2D eigenvalue weighted by Gasteiger charge is -2.46. The van der Waals surface area contributed by atoms with Crippen molar-refractivity contribution in [3.63, 3.8) is 0 Å². The molecule has 3 atom stereocenters. The van der Waals surface area contributed by atoms with Crippen LogP contribution in [0.3, 0.4) is 0 Å². The molecule has 0 bridgehead atoms. The Hall–Kier alpha value is -4.42. The van der Waals surface area contributed by atoms with Crippen molar-refractivity contribution in [3.8, 4) is 0 Å². The van der Waals surface area contributed by atoms with Gasteiger partial charge in [-0.3, -0.25) is 34.3 Å². The molecule has 2 aromatic rings. The van der Waals surface area contributed by atoms with E-state index >= 15 is 0 Å². The van der Waals surface area contributed by atoms with Crippen LogP contribution in [0.5, 0.6) is 0 Å². The number of piperidine rings is 2. The highest BCUT2D eigenvalue weighted by molar-refractivity contribution is 6.14. The summed E-state index contributed by atoms with van der Waals surface area (Å²) in [6, 6.07) is 9.58. The molecule has 264 valence electrons. The zero-order valence-corrected chi connectivity index (χ0v) is 29.0. The molecule has 5 aliphatic heterocycles. The molecule has 0 saturated carbocycles. The van der Waals surface area contributed by atoms with E-state index < -0.39 is 12.0 Å². The molecule has 5 heterocycles. The molecule has 3 fully saturated rings. The number of piperazine rings is 1. The standard InChI is InChI=1S/C38H46N6O6/c1-38(2,3)33(23-10-13-42(14-11-23)19-22-4-5-24-20-43(37(49)50)21-25(24)16-22)36(48)44-15-12-39-18-30(44)27-7-6-26-29(17-40-34(26)46)32(27)28-8-9-31(45)41-35(28)47/h4-7,16-17,23,28,30,33,39H,8-15,18-21H2,1-3H3,(H,49,50)(H,41,45,47). The third kappa shape index (κ3) is 6.46. The van der Waals surface area contributed by atoms with Crippen LogP contribution in [0.4, 0.5) is 4.79 Å². The van der Waals surface area contributed by atoms with Crippen molar-refractivity contribution in [2.75, 3.05) is 32.7 Å². The molecule has 0 aliphatic carbocycles. The Labute approximate surface area is 292 Å². The van der Waals surface area contributed by atoms with Crippen molar-refractivity contribution in [1.82, 2.24) is 25.3 Å². The first-order valence-electron chi connectivity index (χ1n) is 17.8. The Kier molecular flexibility index (Phi) is 9.10. The molecule has 3 N–H and O–H groups in total. The summed E-state index contributed by atoms with van der Waals surface area (Å²) in [5, 5.41) is 15.4. The number of rotatable bonds is 6. The van der Waals surface area contributed by atoms with Crippen LogP contribution in [0.1, 0.15) is 102 Å². The van der Waals surface area contributed by atoms with E-state index in [0.717, 1.165) is 49.2 Å². The number of carbonyl (C=O) groups is 5. The zero-order chi connectivity index (χ0) is 35.3. The molecular formula is C38H46N6O6. The fourth-order valence-electron chi connectivity index (χ4n) is 8.91. The molecule has 2 aromatic carbocycles. The number of benzene rings is 2. The van der Waals surface area contributed by atoms with Crippen LogP contribution in [0.25, 0.3) is 0 Å². The number of nitrogens with one attached hydrogen (secondary N) is 2. The smallest absolute Gasteiger partial charge is 0.407 e. The summed E-state index contributed by atoms with van der Waals surface area (Å²) >= 11 is 0. The Bertz CT molecular complexity index is 1770. The van der Waals surface area contributed by atoms with Gasteiger partial charge in [-0.05, 0) is 77.6 Å². The highest BCUT2D eigenvalue weighted by Gasteiger charge is 2.45. The number of aliphatic imine (C=N–C) groups is 1. The Morgan fingerprint density at radius 3 is 2.48 bits per heavy atom. The average molecular weight is 683 g/mol. The van der Waals surface area contributed by atoms with Crippen LogP contribution in [0.15, 0.2) is 35.3 Å². The van der Waals surface area contributed by atoms with Crippen LogP contribution in [-0.2, 0) is 34.0 Å². The van der Waals surface area contributed by atoms with Crippen LogP contribution in [-0.4, -0.2) is 88.5 Å². The van der Waals surface area contributed by atoms with E-state index in [2.05, 4.69) is 59.5 Å². The maximum Gasteiger partial charge on any atom is 0.407 e. The first-order chi connectivity index (χ1) is 23.9. The van der Waals surface area contributed by atoms with Gasteiger partial charge in [0.2, 0.25) is 17.7 Å². The van der Waals surface area contributed by atoms with Crippen molar-refractivity contribution < 1.29 is 29.1 Å². The predicted octanol–water partition coefficient (Wildman–Crippen LogP) is 3.82.